The van der Waals surface area contributed by atoms with Gasteiger partial charge in [0.25, 0.3) is 0 Å². The van der Waals surface area contributed by atoms with Gasteiger partial charge in [0.05, 0.1) is 0 Å². The van der Waals surface area contributed by atoms with E-state index in [0.717, 1.165) is 19.0 Å². The molecule has 0 radical (unpaired) electrons. The van der Waals surface area contributed by atoms with Crippen LogP contribution in [0, 0.1) is 0 Å². The van der Waals surface area contributed by atoms with Gasteiger partial charge in [-0.05, 0) is 50.9 Å². The highest BCUT2D eigenvalue weighted by Crippen LogP contribution is 2.13. The van der Waals surface area contributed by atoms with E-state index in [9.17, 15) is 0 Å². The monoisotopic (exact) mass is 288 g/mol. The van der Waals surface area contributed by atoms with Crippen LogP contribution in [0.5, 0.6) is 0 Å². The van der Waals surface area contributed by atoms with E-state index in [1.165, 1.54) is 37.1 Å². The SMILES string of the molecule is CN=C(NCc1ccc(CN2CCCC2)cc1)NC(C)C. The molecule has 0 aromatic heterocycles. The predicted octanol–water partition coefficient (Wildman–Crippen LogP) is 2.36. The molecule has 4 nitrogen and oxygen atoms in total. The second kappa shape index (κ2) is 8.03. The molecule has 0 atom stereocenters. The molecule has 1 heterocycles. The average molecular weight is 288 g/mol. The number of hydrogen-bond acceptors (Lipinski definition) is 2. The van der Waals surface area contributed by atoms with E-state index in [1.807, 2.05) is 0 Å². The van der Waals surface area contributed by atoms with Crippen molar-refractivity contribution in [1.82, 2.24) is 15.5 Å². The second-order valence-corrected chi connectivity index (χ2v) is 6.02. The molecule has 1 aromatic carbocycles. The van der Waals surface area contributed by atoms with Gasteiger partial charge in [-0.2, -0.15) is 0 Å². The Bertz CT molecular complexity index is 444. The third kappa shape index (κ3) is 5.38. The van der Waals surface area contributed by atoms with Crippen molar-refractivity contribution in [3.8, 4) is 0 Å². The Hall–Kier alpha value is -1.55. The zero-order valence-electron chi connectivity index (χ0n) is 13.5. The molecule has 1 aliphatic rings. The Morgan fingerprint density at radius 2 is 1.76 bits per heavy atom. The van der Waals surface area contributed by atoms with Gasteiger partial charge < -0.3 is 10.6 Å². The lowest BCUT2D eigenvalue weighted by atomic mass is 10.1. The third-order valence-corrected chi connectivity index (χ3v) is 3.74. The van der Waals surface area contributed by atoms with Crippen molar-refractivity contribution in [3.05, 3.63) is 35.4 Å². The molecule has 1 aliphatic heterocycles. The maximum absolute atomic E-state index is 4.22. The van der Waals surface area contributed by atoms with Gasteiger partial charge in [0, 0.05) is 26.2 Å². The first-order chi connectivity index (χ1) is 10.2. The summed E-state index contributed by atoms with van der Waals surface area (Å²) in [6.07, 6.45) is 2.70. The number of rotatable bonds is 5. The van der Waals surface area contributed by atoms with Crippen LogP contribution >= 0.6 is 0 Å². The zero-order chi connectivity index (χ0) is 15.1. The normalized spacial score (nSPS) is 16.5. The average Bonchev–Trinajstić information content (AvgIpc) is 2.97. The summed E-state index contributed by atoms with van der Waals surface area (Å²) in [5.41, 5.74) is 2.69. The molecule has 0 spiro atoms. The number of aliphatic imine (C=N–C) groups is 1. The Kier molecular flexibility index (Phi) is 6.05. The highest BCUT2D eigenvalue weighted by atomic mass is 15.2. The van der Waals surface area contributed by atoms with Crippen molar-refractivity contribution in [2.45, 2.75) is 45.8 Å². The first kappa shape index (κ1) is 15.8. The molecule has 0 saturated carbocycles. The lowest BCUT2D eigenvalue weighted by Crippen LogP contribution is -2.40. The van der Waals surface area contributed by atoms with Crippen molar-refractivity contribution in [2.75, 3.05) is 20.1 Å². The Morgan fingerprint density at radius 1 is 1.14 bits per heavy atom. The van der Waals surface area contributed by atoms with Crippen LogP contribution in [0.3, 0.4) is 0 Å². The molecular formula is C17H28N4. The van der Waals surface area contributed by atoms with Crippen molar-refractivity contribution >= 4 is 5.96 Å². The predicted molar refractivity (Wildman–Crippen MR) is 89.4 cm³/mol. The molecular weight excluding hydrogens is 260 g/mol. The molecule has 1 aromatic rings. The summed E-state index contributed by atoms with van der Waals surface area (Å²) in [6.45, 7) is 8.61. The van der Waals surface area contributed by atoms with Crippen LogP contribution in [0.15, 0.2) is 29.3 Å². The first-order valence-corrected chi connectivity index (χ1v) is 7.94. The van der Waals surface area contributed by atoms with Crippen molar-refractivity contribution < 1.29 is 0 Å². The van der Waals surface area contributed by atoms with Crippen LogP contribution in [0.2, 0.25) is 0 Å². The zero-order valence-corrected chi connectivity index (χ0v) is 13.5. The maximum atomic E-state index is 4.22. The minimum atomic E-state index is 0.388. The van der Waals surface area contributed by atoms with Gasteiger partial charge in [0.15, 0.2) is 5.96 Å². The number of guanidine groups is 1. The largest absolute Gasteiger partial charge is 0.354 e. The van der Waals surface area contributed by atoms with E-state index in [-0.39, 0.29) is 0 Å². The maximum Gasteiger partial charge on any atom is 0.191 e. The highest BCUT2D eigenvalue weighted by Gasteiger charge is 2.11. The fourth-order valence-electron chi connectivity index (χ4n) is 2.62. The summed E-state index contributed by atoms with van der Waals surface area (Å²) < 4.78 is 0. The minimum absolute atomic E-state index is 0.388. The van der Waals surface area contributed by atoms with Gasteiger partial charge in [-0.3, -0.25) is 9.89 Å². The fraction of sp³-hybridized carbons (Fsp3) is 0.588. The summed E-state index contributed by atoms with van der Waals surface area (Å²) in [4.78, 5) is 6.75. The summed E-state index contributed by atoms with van der Waals surface area (Å²) in [7, 11) is 1.80. The van der Waals surface area contributed by atoms with Gasteiger partial charge in [0.2, 0.25) is 0 Å². The van der Waals surface area contributed by atoms with Gasteiger partial charge in [-0.25, -0.2) is 0 Å². The van der Waals surface area contributed by atoms with E-state index < -0.39 is 0 Å². The van der Waals surface area contributed by atoms with E-state index >= 15 is 0 Å². The van der Waals surface area contributed by atoms with Crippen molar-refractivity contribution in [1.29, 1.82) is 0 Å². The molecule has 1 fully saturated rings. The lowest BCUT2D eigenvalue weighted by molar-refractivity contribution is 0.331. The van der Waals surface area contributed by atoms with Gasteiger partial charge >= 0.3 is 0 Å². The van der Waals surface area contributed by atoms with Crippen LogP contribution in [-0.4, -0.2) is 37.0 Å². The molecule has 0 bridgehead atoms. The number of benzene rings is 1. The summed E-state index contributed by atoms with van der Waals surface area (Å²) in [5.74, 6) is 0.853. The van der Waals surface area contributed by atoms with Gasteiger partial charge in [0.1, 0.15) is 0 Å². The third-order valence-electron chi connectivity index (χ3n) is 3.74. The van der Waals surface area contributed by atoms with Crippen LogP contribution in [-0.2, 0) is 13.1 Å². The van der Waals surface area contributed by atoms with Crippen molar-refractivity contribution in [2.24, 2.45) is 4.99 Å². The highest BCUT2D eigenvalue weighted by molar-refractivity contribution is 5.79. The van der Waals surface area contributed by atoms with Crippen LogP contribution < -0.4 is 10.6 Å². The lowest BCUT2D eigenvalue weighted by Gasteiger charge is -2.16. The van der Waals surface area contributed by atoms with E-state index in [1.54, 1.807) is 7.05 Å². The fourth-order valence-corrected chi connectivity index (χ4v) is 2.62. The number of nitrogens with one attached hydrogen (secondary N) is 2. The van der Waals surface area contributed by atoms with E-state index in [0.29, 0.717) is 6.04 Å². The molecule has 21 heavy (non-hydrogen) atoms. The van der Waals surface area contributed by atoms with E-state index in [4.69, 9.17) is 0 Å². The first-order valence-electron chi connectivity index (χ1n) is 7.94. The second-order valence-electron chi connectivity index (χ2n) is 6.02. The van der Waals surface area contributed by atoms with Crippen LogP contribution in [0.25, 0.3) is 0 Å². The number of likely N-dealkylation sites (tertiary alicyclic amines) is 1. The Morgan fingerprint density at radius 3 is 2.33 bits per heavy atom. The van der Waals surface area contributed by atoms with Crippen molar-refractivity contribution in [3.63, 3.8) is 0 Å². The topological polar surface area (TPSA) is 39.7 Å². The van der Waals surface area contributed by atoms with Crippen LogP contribution in [0.1, 0.15) is 37.8 Å². The van der Waals surface area contributed by atoms with Gasteiger partial charge in [-0.15, -0.1) is 0 Å². The minimum Gasteiger partial charge on any atom is -0.354 e. The molecule has 1 saturated heterocycles. The number of hydrogen-bond donors (Lipinski definition) is 2. The summed E-state index contributed by atoms with van der Waals surface area (Å²) in [6, 6.07) is 9.29. The quantitative estimate of drug-likeness (QED) is 0.645. The summed E-state index contributed by atoms with van der Waals surface area (Å²) in [5, 5.41) is 6.63. The molecule has 0 aliphatic carbocycles. The summed E-state index contributed by atoms with van der Waals surface area (Å²) >= 11 is 0. The molecule has 0 amide bonds. The van der Waals surface area contributed by atoms with Gasteiger partial charge in [-0.1, -0.05) is 24.3 Å². The number of nitrogens with zero attached hydrogens (tertiary/aromatic N) is 2. The Labute approximate surface area is 128 Å². The molecule has 4 heteroatoms. The molecule has 2 rings (SSSR count). The molecule has 2 N–H and O–H groups in total. The standard InChI is InChI=1S/C17H28N4/c1-14(2)20-17(18-3)19-12-15-6-8-16(9-7-15)13-21-10-4-5-11-21/h6-9,14H,4-5,10-13H2,1-3H3,(H2,18,19,20). The molecule has 0 unspecified atom stereocenters. The smallest absolute Gasteiger partial charge is 0.191 e. The van der Waals surface area contributed by atoms with Crippen LogP contribution in [0.4, 0.5) is 0 Å². The Balaban J connectivity index is 1.81. The van der Waals surface area contributed by atoms with E-state index in [2.05, 4.69) is 58.6 Å². The molecule has 116 valence electrons.